The van der Waals surface area contributed by atoms with Gasteiger partial charge in [0.1, 0.15) is 5.75 Å². The van der Waals surface area contributed by atoms with Gasteiger partial charge < -0.3 is 14.6 Å². The lowest BCUT2D eigenvalue weighted by Crippen LogP contribution is -2.23. The number of pyridine rings is 1. The van der Waals surface area contributed by atoms with Crippen molar-refractivity contribution in [1.82, 2.24) is 30.2 Å². The highest BCUT2D eigenvalue weighted by Gasteiger charge is 2.16. The molecular formula is C21H20N6O3. The molecule has 1 aromatic carbocycles. The maximum absolute atomic E-state index is 12.7. The lowest BCUT2D eigenvalue weighted by Gasteiger charge is -2.09. The minimum atomic E-state index is -0.220. The topological polar surface area (TPSA) is 108 Å². The number of rotatable bonds is 6. The zero-order chi connectivity index (χ0) is 21.1. The fourth-order valence-electron chi connectivity index (χ4n) is 3.04. The number of amides is 1. The number of hydrogen-bond acceptors (Lipinski definition) is 7. The van der Waals surface area contributed by atoms with E-state index in [1.807, 2.05) is 37.3 Å². The zero-order valence-electron chi connectivity index (χ0n) is 16.8. The molecule has 0 aliphatic carbocycles. The number of methoxy groups -OCH3 is 1. The van der Waals surface area contributed by atoms with Gasteiger partial charge in [0, 0.05) is 18.3 Å². The van der Waals surface area contributed by atoms with E-state index in [0.29, 0.717) is 40.9 Å². The summed E-state index contributed by atoms with van der Waals surface area (Å²) in [5, 5.41) is 11.0. The average Bonchev–Trinajstić information content (AvgIpc) is 3.38. The number of nitrogens with one attached hydrogen (secondary N) is 1. The van der Waals surface area contributed by atoms with E-state index in [4.69, 9.17) is 9.26 Å². The predicted molar refractivity (Wildman–Crippen MR) is 108 cm³/mol. The van der Waals surface area contributed by atoms with Gasteiger partial charge in [0.05, 0.1) is 30.1 Å². The minimum absolute atomic E-state index is 0.220. The summed E-state index contributed by atoms with van der Waals surface area (Å²) < 4.78 is 12.1. The molecule has 3 aromatic heterocycles. The molecule has 30 heavy (non-hydrogen) atoms. The Kier molecular flexibility index (Phi) is 5.25. The molecule has 0 spiro atoms. The fraction of sp³-hybridized carbons (Fsp3) is 0.190. The van der Waals surface area contributed by atoms with Gasteiger partial charge in [0.2, 0.25) is 0 Å². The lowest BCUT2D eigenvalue weighted by atomic mass is 10.2. The molecule has 1 N–H and O–H groups in total. The van der Waals surface area contributed by atoms with Gasteiger partial charge in [-0.2, -0.15) is 10.1 Å². The Morgan fingerprint density at radius 1 is 1.17 bits per heavy atom. The Hall–Kier alpha value is -4.01. The third-order valence-corrected chi connectivity index (χ3v) is 4.63. The van der Waals surface area contributed by atoms with Crippen molar-refractivity contribution in [1.29, 1.82) is 0 Å². The third-order valence-electron chi connectivity index (χ3n) is 4.63. The second kappa shape index (κ2) is 8.16. The van der Waals surface area contributed by atoms with Crippen LogP contribution in [0.2, 0.25) is 0 Å². The van der Waals surface area contributed by atoms with Crippen LogP contribution < -0.4 is 10.1 Å². The van der Waals surface area contributed by atoms with Gasteiger partial charge in [-0.3, -0.25) is 4.79 Å². The number of benzene rings is 1. The second-order valence-corrected chi connectivity index (χ2v) is 6.60. The lowest BCUT2D eigenvalue weighted by molar-refractivity contribution is 0.0950. The normalized spacial score (nSPS) is 10.8. The molecule has 0 atom stereocenters. The molecule has 152 valence electrons. The first kappa shape index (κ1) is 19.3. The van der Waals surface area contributed by atoms with Crippen molar-refractivity contribution in [2.45, 2.75) is 20.4 Å². The first-order chi connectivity index (χ1) is 14.6. The molecule has 0 bridgehead atoms. The summed E-state index contributed by atoms with van der Waals surface area (Å²) in [6.07, 6.45) is 3.16. The molecule has 1 amide bonds. The van der Waals surface area contributed by atoms with E-state index in [2.05, 4.69) is 25.5 Å². The van der Waals surface area contributed by atoms with Gasteiger partial charge >= 0.3 is 0 Å². The predicted octanol–water partition coefficient (Wildman–Crippen LogP) is 2.87. The molecular weight excluding hydrogens is 384 g/mol. The molecule has 4 rings (SSSR count). The van der Waals surface area contributed by atoms with Crippen molar-refractivity contribution in [2.75, 3.05) is 7.11 Å². The summed E-state index contributed by atoms with van der Waals surface area (Å²) in [6, 6.07) is 11.2. The number of aromatic nitrogens is 5. The van der Waals surface area contributed by atoms with Crippen LogP contribution in [0.15, 0.2) is 53.3 Å². The highest BCUT2D eigenvalue weighted by molar-refractivity contribution is 5.95. The van der Waals surface area contributed by atoms with Gasteiger partial charge in [-0.25, -0.2) is 9.67 Å². The summed E-state index contributed by atoms with van der Waals surface area (Å²) in [6.45, 7) is 3.92. The van der Waals surface area contributed by atoms with Crippen LogP contribution in [-0.4, -0.2) is 37.9 Å². The van der Waals surface area contributed by atoms with Crippen LogP contribution in [0, 0.1) is 13.8 Å². The van der Waals surface area contributed by atoms with E-state index >= 15 is 0 Å². The van der Waals surface area contributed by atoms with Crippen molar-refractivity contribution in [3.63, 3.8) is 0 Å². The quantitative estimate of drug-likeness (QED) is 0.526. The maximum atomic E-state index is 12.7. The molecule has 4 aromatic rings. The number of ether oxygens (including phenoxy) is 1. The SMILES string of the molecule is COc1ccccc1CNC(=O)c1cnn(-c2ccc(-c3nc(C)no3)cn2)c1C. The van der Waals surface area contributed by atoms with E-state index in [1.54, 1.807) is 31.0 Å². The summed E-state index contributed by atoms with van der Waals surface area (Å²) in [5.41, 5.74) is 2.76. The maximum Gasteiger partial charge on any atom is 0.259 e. The summed E-state index contributed by atoms with van der Waals surface area (Å²) >= 11 is 0. The summed E-state index contributed by atoms with van der Waals surface area (Å²) in [7, 11) is 1.60. The van der Waals surface area contributed by atoms with Crippen LogP contribution in [0.5, 0.6) is 5.75 Å². The Bertz CT molecular complexity index is 1180. The van der Waals surface area contributed by atoms with Crippen molar-refractivity contribution in [2.24, 2.45) is 0 Å². The molecule has 0 fully saturated rings. The fourth-order valence-corrected chi connectivity index (χ4v) is 3.04. The standard InChI is InChI=1S/C21H20N6O3/c1-13-17(20(28)23-10-15-6-4-5-7-18(15)29-3)12-24-27(13)19-9-8-16(11-22-19)21-25-14(2)26-30-21/h4-9,11-12H,10H2,1-3H3,(H,23,28). The van der Waals surface area contributed by atoms with Gasteiger partial charge in [0.25, 0.3) is 11.8 Å². The van der Waals surface area contributed by atoms with Crippen LogP contribution in [0.3, 0.4) is 0 Å². The number of para-hydroxylation sites is 1. The molecule has 3 heterocycles. The Morgan fingerprint density at radius 2 is 2.00 bits per heavy atom. The summed E-state index contributed by atoms with van der Waals surface area (Å²) in [5.74, 6) is 2.05. The Balaban J connectivity index is 1.50. The van der Waals surface area contributed by atoms with E-state index in [1.165, 1.54) is 6.20 Å². The second-order valence-electron chi connectivity index (χ2n) is 6.60. The number of hydrogen-bond donors (Lipinski definition) is 1. The first-order valence-electron chi connectivity index (χ1n) is 9.28. The molecule has 0 radical (unpaired) electrons. The highest BCUT2D eigenvalue weighted by Crippen LogP contribution is 2.20. The Morgan fingerprint density at radius 3 is 2.70 bits per heavy atom. The van der Waals surface area contributed by atoms with Crippen LogP contribution in [0.1, 0.15) is 27.4 Å². The van der Waals surface area contributed by atoms with Crippen molar-refractivity contribution in [3.8, 4) is 23.0 Å². The van der Waals surface area contributed by atoms with Crippen LogP contribution in [-0.2, 0) is 6.54 Å². The van der Waals surface area contributed by atoms with Gasteiger partial charge in [-0.15, -0.1) is 0 Å². The monoisotopic (exact) mass is 404 g/mol. The zero-order valence-corrected chi connectivity index (χ0v) is 16.8. The third kappa shape index (κ3) is 3.77. The molecule has 9 heteroatoms. The van der Waals surface area contributed by atoms with Crippen molar-refractivity contribution in [3.05, 3.63) is 71.4 Å². The highest BCUT2D eigenvalue weighted by atomic mass is 16.5. The van der Waals surface area contributed by atoms with Crippen LogP contribution in [0.25, 0.3) is 17.3 Å². The van der Waals surface area contributed by atoms with E-state index in [-0.39, 0.29) is 5.91 Å². The number of aryl methyl sites for hydroxylation is 1. The smallest absolute Gasteiger partial charge is 0.259 e. The van der Waals surface area contributed by atoms with Crippen LogP contribution in [0.4, 0.5) is 0 Å². The molecule has 0 saturated heterocycles. The van der Waals surface area contributed by atoms with Gasteiger partial charge in [-0.1, -0.05) is 23.4 Å². The largest absolute Gasteiger partial charge is 0.496 e. The number of carbonyl (C=O) groups is 1. The minimum Gasteiger partial charge on any atom is -0.496 e. The number of nitrogens with zero attached hydrogens (tertiary/aromatic N) is 5. The van der Waals surface area contributed by atoms with Crippen molar-refractivity contribution >= 4 is 5.91 Å². The summed E-state index contributed by atoms with van der Waals surface area (Å²) in [4.78, 5) is 21.3. The molecule has 0 aliphatic heterocycles. The van der Waals surface area contributed by atoms with Crippen molar-refractivity contribution < 1.29 is 14.1 Å². The van der Waals surface area contributed by atoms with Crippen LogP contribution >= 0.6 is 0 Å². The van der Waals surface area contributed by atoms with E-state index in [0.717, 1.165) is 11.3 Å². The Labute approximate surface area is 172 Å². The number of carbonyl (C=O) groups excluding carboxylic acids is 1. The molecule has 9 nitrogen and oxygen atoms in total. The first-order valence-corrected chi connectivity index (χ1v) is 9.28. The average molecular weight is 404 g/mol. The van der Waals surface area contributed by atoms with Gasteiger partial charge in [-0.05, 0) is 32.0 Å². The molecule has 0 aliphatic rings. The van der Waals surface area contributed by atoms with Gasteiger partial charge in [0.15, 0.2) is 11.6 Å². The molecule has 0 saturated carbocycles. The van der Waals surface area contributed by atoms with E-state index < -0.39 is 0 Å². The van der Waals surface area contributed by atoms with E-state index in [9.17, 15) is 4.79 Å². The molecule has 0 unspecified atom stereocenters.